The highest BCUT2D eigenvalue weighted by molar-refractivity contribution is 7.54. The number of aryl methyl sites for hydroxylation is 1. The Morgan fingerprint density at radius 2 is 1.69 bits per heavy atom. The SMILES string of the molecule is COC(=O)N1C[C@@H](n2cc(C)c(=O)n(C(=O)c3ccccc3)c2=O)C[C@H]1P(=O)(OC)OC. The van der Waals surface area contributed by atoms with Crippen LogP contribution in [0.3, 0.4) is 0 Å². The second kappa shape index (κ2) is 9.23. The first kappa shape index (κ1) is 23.6. The number of likely N-dealkylation sites (tertiary alicyclic amines) is 1. The molecule has 2 atom stereocenters. The molecule has 0 aliphatic carbocycles. The van der Waals surface area contributed by atoms with Gasteiger partial charge in [-0.25, -0.2) is 9.59 Å². The molecule has 0 N–H and O–H groups in total. The minimum atomic E-state index is -3.75. The van der Waals surface area contributed by atoms with Crippen LogP contribution in [0.4, 0.5) is 4.79 Å². The highest BCUT2D eigenvalue weighted by Gasteiger charge is 2.49. The maximum atomic E-state index is 13.2. The van der Waals surface area contributed by atoms with Gasteiger partial charge in [0, 0.05) is 44.5 Å². The minimum absolute atomic E-state index is 0.0190. The molecule has 0 saturated carbocycles. The average Bonchev–Trinajstić information content (AvgIpc) is 3.26. The Kier molecular flexibility index (Phi) is 6.82. The predicted molar refractivity (Wildman–Crippen MR) is 114 cm³/mol. The van der Waals surface area contributed by atoms with Crippen molar-refractivity contribution in [2.45, 2.75) is 25.2 Å². The first-order valence-corrected chi connectivity index (χ1v) is 11.3. The Labute approximate surface area is 183 Å². The summed E-state index contributed by atoms with van der Waals surface area (Å²) in [6.07, 6.45) is 0.572. The summed E-state index contributed by atoms with van der Waals surface area (Å²) < 4.78 is 29.7. The number of methoxy groups -OCH3 is 1. The van der Waals surface area contributed by atoms with Crippen molar-refractivity contribution >= 4 is 19.6 Å². The van der Waals surface area contributed by atoms with Gasteiger partial charge in [0.2, 0.25) is 0 Å². The molecule has 3 rings (SSSR count). The number of hydrogen-bond acceptors (Lipinski definition) is 8. The molecule has 1 aromatic carbocycles. The van der Waals surface area contributed by atoms with Gasteiger partial charge in [0.15, 0.2) is 0 Å². The van der Waals surface area contributed by atoms with Crippen LogP contribution in [0.1, 0.15) is 28.4 Å². The molecule has 0 spiro atoms. The fraction of sp³-hybridized carbons (Fsp3) is 0.400. The molecule has 0 radical (unpaired) electrons. The van der Waals surface area contributed by atoms with Gasteiger partial charge in [-0.05, 0) is 19.1 Å². The zero-order valence-corrected chi connectivity index (χ0v) is 19.0. The van der Waals surface area contributed by atoms with Gasteiger partial charge < -0.3 is 13.8 Å². The maximum absolute atomic E-state index is 13.2. The van der Waals surface area contributed by atoms with E-state index in [1.54, 1.807) is 18.2 Å². The summed E-state index contributed by atoms with van der Waals surface area (Å²) in [5.41, 5.74) is -1.27. The Balaban J connectivity index is 2.10. The number of aromatic nitrogens is 2. The van der Waals surface area contributed by atoms with Crippen molar-refractivity contribution in [2.24, 2.45) is 0 Å². The van der Waals surface area contributed by atoms with E-state index < -0.39 is 42.7 Å². The van der Waals surface area contributed by atoms with Gasteiger partial charge in [0.25, 0.3) is 11.5 Å². The average molecular weight is 465 g/mol. The van der Waals surface area contributed by atoms with Gasteiger partial charge in [0.1, 0.15) is 5.78 Å². The fourth-order valence-electron chi connectivity index (χ4n) is 3.77. The van der Waals surface area contributed by atoms with E-state index in [1.807, 2.05) is 0 Å². The third-order valence-corrected chi connectivity index (χ3v) is 7.67. The van der Waals surface area contributed by atoms with Crippen LogP contribution in [0.15, 0.2) is 46.1 Å². The number of ether oxygens (including phenoxy) is 1. The van der Waals surface area contributed by atoms with Crippen molar-refractivity contribution < 1.29 is 27.9 Å². The predicted octanol–water partition coefficient (Wildman–Crippen LogP) is 1.83. The van der Waals surface area contributed by atoms with E-state index in [-0.39, 0.29) is 24.1 Å². The molecule has 172 valence electrons. The van der Waals surface area contributed by atoms with Crippen LogP contribution in [0.25, 0.3) is 0 Å². The minimum Gasteiger partial charge on any atom is -0.453 e. The number of hydrogen-bond donors (Lipinski definition) is 0. The number of carbonyl (C=O) groups excluding carboxylic acids is 2. The topological polar surface area (TPSA) is 126 Å². The van der Waals surface area contributed by atoms with Crippen LogP contribution < -0.4 is 11.2 Å². The molecule has 1 aromatic heterocycles. The van der Waals surface area contributed by atoms with E-state index in [0.29, 0.717) is 4.57 Å². The molecule has 1 amide bonds. The third-order valence-electron chi connectivity index (χ3n) is 5.44. The summed E-state index contributed by atoms with van der Waals surface area (Å²) in [6, 6.07) is 7.24. The monoisotopic (exact) mass is 465 g/mol. The van der Waals surface area contributed by atoms with E-state index >= 15 is 0 Å². The number of amides is 1. The molecule has 32 heavy (non-hydrogen) atoms. The molecule has 1 aliphatic heterocycles. The molecular weight excluding hydrogens is 441 g/mol. The van der Waals surface area contributed by atoms with E-state index in [9.17, 15) is 23.7 Å². The molecular formula is C20H24N3O8P. The normalized spacial score (nSPS) is 18.6. The summed E-state index contributed by atoms with van der Waals surface area (Å²) in [5, 5.41) is 0. The van der Waals surface area contributed by atoms with Gasteiger partial charge in [0.05, 0.1) is 13.2 Å². The van der Waals surface area contributed by atoms with Crippen molar-refractivity contribution in [2.75, 3.05) is 27.9 Å². The molecule has 2 heterocycles. The number of rotatable bonds is 5. The Bertz CT molecular complexity index is 1180. The van der Waals surface area contributed by atoms with E-state index in [2.05, 4.69) is 0 Å². The Morgan fingerprint density at radius 3 is 2.25 bits per heavy atom. The van der Waals surface area contributed by atoms with Gasteiger partial charge in [-0.15, -0.1) is 0 Å². The molecule has 12 heteroatoms. The molecule has 11 nitrogen and oxygen atoms in total. The van der Waals surface area contributed by atoms with E-state index in [0.717, 1.165) is 4.90 Å². The summed E-state index contributed by atoms with van der Waals surface area (Å²) in [5.74, 6) is -1.79. The molecule has 0 unspecified atom stereocenters. The maximum Gasteiger partial charge on any atom is 0.410 e. The van der Waals surface area contributed by atoms with Crippen LogP contribution in [0, 0.1) is 6.92 Å². The van der Waals surface area contributed by atoms with Gasteiger partial charge >= 0.3 is 19.4 Å². The van der Waals surface area contributed by atoms with Crippen LogP contribution in [0.2, 0.25) is 0 Å². The summed E-state index contributed by atoms with van der Waals surface area (Å²) in [6.45, 7) is 1.41. The summed E-state index contributed by atoms with van der Waals surface area (Å²) >= 11 is 0. The molecule has 2 aromatic rings. The van der Waals surface area contributed by atoms with Crippen LogP contribution in [-0.2, 0) is 18.3 Å². The highest BCUT2D eigenvalue weighted by Crippen LogP contribution is 2.57. The lowest BCUT2D eigenvalue weighted by Crippen LogP contribution is -2.46. The number of carbonyl (C=O) groups is 2. The zero-order chi connectivity index (χ0) is 23.6. The lowest BCUT2D eigenvalue weighted by Gasteiger charge is -2.27. The van der Waals surface area contributed by atoms with Crippen LogP contribution in [-0.4, -0.2) is 59.7 Å². The van der Waals surface area contributed by atoms with Gasteiger partial charge in [-0.3, -0.25) is 23.6 Å². The second-order valence-corrected chi connectivity index (χ2v) is 9.62. The number of benzene rings is 1. The lowest BCUT2D eigenvalue weighted by molar-refractivity contribution is 0.0946. The molecule has 1 fully saturated rings. The Hall–Kier alpha value is -3.01. The van der Waals surface area contributed by atoms with Crippen molar-refractivity contribution in [3.63, 3.8) is 0 Å². The van der Waals surface area contributed by atoms with Gasteiger partial charge in [-0.2, -0.15) is 4.57 Å². The standard InChI is InChI=1S/C20H24N3O8P/c1-13-11-21(19(26)23(17(13)24)18(25)14-8-6-5-7-9-14)15-10-16(32(28,30-3)31-4)22(12-15)20(27)29-2/h5-9,11,15-16H,10,12H2,1-4H3/t15-,16+/m0/s1. The summed E-state index contributed by atoms with van der Waals surface area (Å²) in [4.78, 5) is 52.3. The zero-order valence-electron chi connectivity index (χ0n) is 18.1. The highest BCUT2D eigenvalue weighted by atomic mass is 31.2. The second-order valence-electron chi connectivity index (χ2n) is 7.21. The Morgan fingerprint density at radius 1 is 1.06 bits per heavy atom. The lowest BCUT2D eigenvalue weighted by atomic mass is 10.2. The number of nitrogens with zero attached hydrogens (tertiary/aromatic N) is 3. The van der Waals surface area contributed by atoms with Crippen LogP contribution >= 0.6 is 7.60 Å². The van der Waals surface area contributed by atoms with Crippen LogP contribution in [0.5, 0.6) is 0 Å². The van der Waals surface area contributed by atoms with E-state index in [4.69, 9.17) is 13.8 Å². The van der Waals surface area contributed by atoms with Crippen molar-refractivity contribution in [3.05, 3.63) is 68.5 Å². The van der Waals surface area contributed by atoms with E-state index in [1.165, 1.54) is 51.1 Å². The third kappa shape index (κ3) is 4.06. The molecule has 1 saturated heterocycles. The summed E-state index contributed by atoms with van der Waals surface area (Å²) in [7, 11) is -0.185. The van der Waals surface area contributed by atoms with Crippen molar-refractivity contribution in [1.29, 1.82) is 0 Å². The van der Waals surface area contributed by atoms with Gasteiger partial charge in [-0.1, -0.05) is 18.2 Å². The molecule has 1 aliphatic rings. The first-order chi connectivity index (χ1) is 15.2. The smallest absolute Gasteiger partial charge is 0.410 e. The largest absolute Gasteiger partial charge is 0.453 e. The fourth-order valence-corrected chi connectivity index (χ4v) is 5.44. The molecule has 0 bridgehead atoms. The first-order valence-electron chi connectivity index (χ1n) is 9.68. The quantitative estimate of drug-likeness (QED) is 0.613. The van der Waals surface area contributed by atoms with Crippen molar-refractivity contribution in [3.8, 4) is 0 Å². The van der Waals surface area contributed by atoms with Crippen molar-refractivity contribution in [1.82, 2.24) is 14.0 Å².